The van der Waals surface area contributed by atoms with Crippen molar-refractivity contribution in [2.45, 2.75) is 26.4 Å². The van der Waals surface area contributed by atoms with Crippen molar-refractivity contribution in [2.24, 2.45) is 0 Å². The third-order valence-corrected chi connectivity index (χ3v) is 4.19. The van der Waals surface area contributed by atoms with E-state index in [1.165, 1.54) is 11.3 Å². The highest BCUT2D eigenvalue weighted by Crippen LogP contribution is 2.30. The summed E-state index contributed by atoms with van der Waals surface area (Å²) in [7, 11) is 1.97. The van der Waals surface area contributed by atoms with Gasteiger partial charge in [-0.05, 0) is 66.7 Å². The first-order chi connectivity index (χ1) is 9.65. The molecule has 0 radical (unpaired) electrons. The molecular weight excluding hydrogens is 316 g/mol. The number of benzene rings is 1. The van der Waals surface area contributed by atoms with Crippen LogP contribution >= 0.6 is 15.9 Å². The summed E-state index contributed by atoms with van der Waals surface area (Å²) >= 11 is 3.69. The Hall–Kier alpha value is -1.26. The molecule has 0 bridgehead atoms. The Kier molecular flexibility index (Phi) is 5.26. The molecule has 0 spiro atoms. The molecule has 4 heteroatoms. The third kappa shape index (κ3) is 3.44. The van der Waals surface area contributed by atoms with E-state index in [4.69, 9.17) is 4.42 Å². The molecule has 2 rings (SSSR count). The molecule has 1 N–H and O–H groups in total. The van der Waals surface area contributed by atoms with Crippen LogP contribution in [-0.2, 0) is 6.54 Å². The number of hydrogen-bond donors (Lipinski definition) is 1. The molecule has 0 saturated carbocycles. The molecule has 108 valence electrons. The average molecular weight is 337 g/mol. The lowest BCUT2D eigenvalue weighted by molar-refractivity contribution is 0.503. The van der Waals surface area contributed by atoms with Crippen molar-refractivity contribution in [3.05, 3.63) is 52.4 Å². The van der Waals surface area contributed by atoms with E-state index in [1.807, 2.05) is 19.2 Å². The van der Waals surface area contributed by atoms with Gasteiger partial charge in [0.25, 0.3) is 0 Å². The van der Waals surface area contributed by atoms with Crippen LogP contribution in [0.1, 0.15) is 31.2 Å². The molecule has 0 aliphatic rings. The Morgan fingerprint density at radius 2 is 2.15 bits per heavy atom. The normalized spacial score (nSPS) is 12.4. The first-order valence-electron chi connectivity index (χ1n) is 6.89. The van der Waals surface area contributed by atoms with Crippen LogP contribution in [0.3, 0.4) is 0 Å². The maximum Gasteiger partial charge on any atom is 0.123 e. The number of anilines is 1. The van der Waals surface area contributed by atoms with E-state index >= 15 is 0 Å². The zero-order valence-electron chi connectivity index (χ0n) is 12.2. The fraction of sp³-hybridized carbons (Fsp3) is 0.375. The van der Waals surface area contributed by atoms with Crippen LogP contribution in [0.5, 0.6) is 0 Å². The van der Waals surface area contributed by atoms with Gasteiger partial charge in [-0.25, -0.2) is 0 Å². The summed E-state index contributed by atoms with van der Waals surface area (Å²) in [6.45, 7) is 6.02. The van der Waals surface area contributed by atoms with E-state index < -0.39 is 0 Å². The molecule has 1 heterocycles. The first-order valence-corrected chi connectivity index (χ1v) is 7.69. The predicted octanol–water partition coefficient (Wildman–Crippen LogP) is 4.35. The standard InChI is InChI=1S/C16H21BrN2O/c1-4-19(11-14-6-5-9-20-14)16-8-7-13(10-15(16)17)12(2)18-3/h5-10,12,18H,4,11H2,1-3H3. The molecule has 1 aromatic heterocycles. The summed E-state index contributed by atoms with van der Waals surface area (Å²) in [4.78, 5) is 2.29. The summed E-state index contributed by atoms with van der Waals surface area (Å²) in [5.74, 6) is 0.978. The third-order valence-electron chi connectivity index (χ3n) is 3.55. The number of halogens is 1. The van der Waals surface area contributed by atoms with Crippen molar-refractivity contribution in [2.75, 3.05) is 18.5 Å². The summed E-state index contributed by atoms with van der Waals surface area (Å²) < 4.78 is 6.56. The molecule has 0 saturated heterocycles. The quantitative estimate of drug-likeness (QED) is 0.849. The van der Waals surface area contributed by atoms with E-state index in [1.54, 1.807) is 6.26 Å². The van der Waals surface area contributed by atoms with Crippen molar-refractivity contribution in [3.63, 3.8) is 0 Å². The minimum Gasteiger partial charge on any atom is -0.467 e. The number of rotatable bonds is 6. The van der Waals surface area contributed by atoms with Gasteiger partial charge in [-0.3, -0.25) is 0 Å². The van der Waals surface area contributed by atoms with Gasteiger partial charge in [-0.15, -0.1) is 0 Å². The van der Waals surface area contributed by atoms with Gasteiger partial charge in [0.1, 0.15) is 5.76 Å². The fourth-order valence-corrected chi connectivity index (χ4v) is 2.82. The molecule has 1 atom stereocenters. The Balaban J connectivity index is 2.21. The van der Waals surface area contributed by atoms with Crippen LogP contribution in [0.4, 0.5) is 5.69 Å². The largest absolute Gasteiger partial charge is 0.467 e. The van der Waals surface area contributed by atoms with Crippen molar-refractivity contribution in [1.82, 2.24) is 5.32 Å². The smallest absolute Gasteiger partial charge is 0.123 e. The lowest BCUT2D eigenvalue weighted by atomic mass is 10.1. The minimum atomic E-state index is 0.348. The van der Waals surface area contributed by atoms with Gasteiger partial charge in [-0.2, -0.15) is 0 Å². The molecule has 3 nitrogen and oxygen atoms in total. The molecule has 1 unspecified atom stereocenters. The van der Waals surface area contributed by atoms with Gasteiger partial charge in [0.2, 0.25) is 0 Å². The van der Waals surface area contributed by atoms with Gasteiger partial charge in [0.15, 0.2) is 0 Å². The number of hydrogen-bond acceptors (Lipinski definition) is 3. The van der Waals surface area contributed by atoms with E-state index in [0.29, 0.717) is 6.04 Å². The molecule has 0 fully saturated rings. The van der Waals surface area contributed by atoms with Gasteiger partial charge in [0, 0.05) is 17.1 Å². The van der Waals surface area contributed by atoms with Crippen LogP contribution in [0.15, 0.2) is 45.5 Å². The van der Waals surface area contributed by atoms with Gasteiger partial charge < -0.3 is 14.6 Å². The van der Waals surface area contributed by atoms with Gasteiger partial charge >= 0.3 is 0 Å². The molecular formula is C16H21BrN2O. The van der Waals surface area contributed by atoms with Gasteiger partial charge in [0.05, 0.1) is 18.5 Å². The Morgan fingerprint density at radius 1 is 1.35 bits per heavy atom. The highest BCUT2D eigenvalue weighted by atomic mass is 79.9. The molecule has 0 aliphatic carbocycles. The highest BCUT2D eigenvalue weighted by Gasteiger charge is 2.12. The van der Waals surface area contributed by atoms with Crippen LogP contribution in [0.25, 0.3) is 0 Å². The Labute approximate surface area is 129 Å². The fourth-order valence-electron chi connectivity index (χ4n) is 2.17. The van der Waals surface area contributed by atoms with E-state index in [0.717, 1.165) is 23.3 Å². The summed E-state index contributed by atoms with van der Waals surface area (Å²) in [6, 6.07) is 10.8. The maximum atomic E-state index is 5.44. The van der Waals surface area contributed by atoms with Gasteiger partial charge in [-0.1, -0.05) is 6.07 Å². The Morgan fingerprint density at radius 3 is 2.70 bits per heavy atom. The SMILES string of the molecule is CCN(Cc1ccco1)c1ccc(C(C)NC)cc1Br. The predicted molar refractivity (Wildman–Crippen MR) is 87.0 cm³/mol. The second kappa shape index (κ2) is 6.95. The second-order valence-electron chi connectivity index (χ2n) is 4.81. The minimum absolute atomic E-state index is 0.348. The van der Waals surface area contributed by atoms with Crippen molar-refractivity contribution < 1.29 is 4.42 Å². The summed E-state index contributed by atoms with van der Waals surface area (Å²) in [6.07, 6.45) is 1.72. The van der Waals surface area contributed by atoms with E-state index in [2.05, 4.69) is 58.2 Å². The van der Waals surface area contributed by atoms with Crippen LogP contribution < -0.4 is 10.2 Å². The van der Waals surface area contributed by atoms with Crippen LogP contribution in [0.2, 0.25) is 0 Å². The second-order valence-corrected chi connectivity index (χ2v) is 5.67. The lowest BCUT2D eigenvalue weighted by Crippen LogP contribution is -2.22. The van der Waals surface area contributed by atoms with E-state index in [9.17, 15) is 0 Å². The van der Waals surface area contributed by atoms with Crippen LogP contribution in [-0.4, -0.2) is 13.6 Å². The summed E-state index contributed by atoms with van der Waals surface area (Å²) in [5.41, 5.74) is 2.47. The molecule has 0 aliphatic heterocycles. The zero-order chi connectivity index (χ0) is 14.5. The average Bonchev–Trinajstić information content (AvgIpc) is 2.97. The Bertz CT molecular complexity index is 539. The summed E-state index contributed by atoms with van der Waals surface area (Å²) in [5, 5.41) is 3.26. The first kappa shape index (κ1) is 15.1. The topological polar surface area (TPSA) is 28.4 Å². The zero-order valence-corrected chi connectivity index (χ0v) is 13.8. The van der Waals surface area contributed by atoms with E-state index in [-0.39, 0.29) is 0 Å². The molecule has 20 heavy (non-hydrogen) atoms. The molecule has 2 aromatic rings. The van der Waals surface area contributed by atoms with Crippen molar-refractivity contribution in [1.29, 1.82) is 0 Å². The number of nitrogens with zero attached hydrogens (tertiary/aromatic N) is 1. The number of nitrogens with one attached hydrogen (secondary N) is 1. The maximum absolute atomic E-state index is 5.44. The monoisotopic (exact) mass is 336 g/mol. The van der Waals surface area contributed by atoms with Crippen molar-refractivity contribution >= 4 is 21.6 Å². The molecule has 1 aromatic carbocycles. The van der Waals surface area contributed by atoms with Crippen molar-refractivity contribution in [3.8, 4) is 0 Å². The highest BCUT2D eigenvalue weighted by molar-refractivity contribution is 9.10. The van der Waals surface area contributed by atoms with Crippen LogP contribution in [0, 0.1) is 0 Å². The molecule has 0 amide bonds. The number of furan rings is 1. The lowest BCUT2D eigenvalue weighted by Gasteiger charge is -2.24.